The summed E-state index contributed by atoms with van der Waals surface area (Å²) in [5, 5.41) is 0. The van der Waals surface area contributed by atoms with E-state index >= 15 is 0 Å². The van der Waals surface area contributed by atoms with Crippen LogP contribution in [0.15, 0.2) is 85.1 Å². The van der Waals surface area contributed by atoms with E-state index in [1.165, 1.54) is 199 Å². The highest BCUT2D eigenvalue weighted by molar-refractivity contribution is 5.71. The van der Waals surface area contributed by atoms with Gasteiger partial charge in [0.15, 0.2) is 6.10 Å². The zero-order chi connectivity index (χ0) is 57.8. The van der Waals surface area contributed by atoms with Crippen molar-refractivity contribution in [1.29, 1.82) is 0 Å². The summed E-state index contributed by atoms with van der Waals surface area (Å²) in [5.74, 6) is -0.879. The molecule has 0 heterocycles. The molecule has 462 valence electrons. The Balaban J connectivity index is 4.38. The van der Waals surface area contributed by atoms with Crippen molar-refractivity contribution in [3.8, 4) is 0 Å². The summed E-state index contributed by atoms with van der Waals surface area (Å²) in [6.07, 6.45) is 90.2. The molecular weight excluding hydrogens is 985 g/mol. The lowest BCUT2D eigenvalue weighted by Crippen LogP contribution is -2.30. The third kappa shape index (κ3) is 65.4. The van der Waals surface area contributed by atoms with Gasteiger partial charge in [0.2, 0.25) is 0 Å². The molecule has 0 bridgehead atoms. The van der Waals surface area contributed by atoms with Crippen molar-refractivity contribution in [3.05, 3.63) is 85.1 Å². The van der Waals surface area contributed by atoms with Gasteiger partial charge in [0.25, 0.3) is 0 Å². The molecule has 6 heteroatoms. The minimum atomic E-state index is -0.785. The predicted molar refractivity (Wildman–Crippen MR) is 348 cm³/mol. The summed E-state index contributed by atoms with van der Waals surface area (Å²) in [6, 6.07) is 0. The Morgan fingerprint density at radius 3 is 0.775 bits per heavy atom. The van der Waals surface area contributed by atoms with E-state index in [-0.39, 0.29) is 31.1 Å². The molecule has 0 rings (SSSR count). The Hall–Kier alpha value is -3.41. The molecule has 0 aliphatic carbocycles. The first kappa shape index (κ1) is 76.6. The molecule has 0 aliphatic heterocycles. The molecule has 0 amide bonds. The minimum Gasteiger partial charge on any atom is -0.462 e. The van der Waals surface area contributed by atoms with E-state index in [9.17, 15) is 14.4 Å². The Kier molecular flexibility index (Phi) is 65.2. The number of unbranched alkanes of at least 4 members (excludes halogenated alkanes) is 38. The summed E-state index contributed by atoms with van der Waals surface area (Å²) in [6.45, 7) is 6.56. The molecule has 0 saturated carbocycles. The number of carbonyl (C=O) groups is 3. The Bertz CT molecular complexity index is 1520. The maximum Gasteiger partial charge on any atom is 0.306 e. The lowest BCUT2D eigenvalue weighted by atomic mass is 10.0. The molecule has 0 fully saturated rings. The van der Waals surface area contributed by atoms with Crippen LogP contribution in [0.25, 0.3) is 0 Å². The monoisotopic (exact) mass is 1110 g/mol. The van der Waals surface area contributed by atoms with Crippen LogP contribution in [0.5, 0.6) is 0 Å². The summed E-state index contributed by atoms with van der Waals surface area (Å²) in [4.78, 5) is 38.5. The van der Waals surface area contributed by atoms with Gasteiger partial charge in [-0.2, -0.15) is 0 Å². The highest BCUT2D eigenvalue weighted by Gasteiger charge is 2.19. The maximum atomic E-state index is 13.0. The SMILES string of the molecule is CC/C=C\C/C=C\C/C=C\C/C=C\C/C=C\C/C=C\CCCCCCCCC(=O)OCC(COC(=O)CCCCCCCCC/C=C\CCCCCCCC)OC(=O)CCCCCCCCCCCCCCCCCCCCCC. The number of hydrogen-bond donors (Lipinski definition) is 0. The normalized spacial score (nSPS) is 12.6. The van der Waals surface area contributed by atoms with Crippen molar-refractivity contribution < 1.29 is 28.6 Å². The molecule has 0 aliphatic rings. The van der Waals surface area contributed by atoms with Crippen LogP contribution in [0.2, 0.25) is 0 Å². The van der Waals surface area contributed by atoms with Crippen LogP contribution in [-0.4, -0.2) is 37.2 Å². The van der Waals surface area contributed by atoms with Gasteiger partial charge in [0.1, 0.15) is 13.2 Å². The highest BCUT2D eigenvalue weighted by Crippen LogP contribution is 2.17. The number of hydrogen-bond acceptors (Lipinski definition) is 6. The zero-order valence-corrected chi connectivity index (χ0v) is 53.1. The topological polar surface area (TPSA) is 78.9 Å². The maximum absolute atomic E-state index is 13.0. The molecule has 0 aromatic rings. The number of rotatable bonds is 63. The summed E-state index contributed by atoms with van der Waals surface area (Å²) < 4.78 is 17.0. The van der Waals surface area contributed by atoms with E-state index < -0.39 is 6.10 Å². The van der Waals surface area contributed by atoms with Gasteiger partial charge in [-0.15, -0.1) is 0 Å². The van der Waals surface area contributed by atoms with Crippen molar-refractivity contribution in [2.24, 2.45) is 0 Å². The molecule has 1 atom stereocenters. The summed E-state index contributed by atoms with van der Waals surface area (Å²) in [7, 11) is 0. The van der Waals surface area contributed by atoms with Crippen LogP contribution in [0.4, 0.5) is 0 Å². The van der Waals surface area contributed by atoms with Crippen LogP contribution < -0.4 is 0 Å². The zero-order valence-electron chi connectivity index (χ0n) is 53.1. The Morgan fingerprint density at radius 2 is 0.487 bits per heavy atom. The smallest absolute Gasteiger partial charge is 0.306 e. The van der Waals surface area contributed by atoms with E-state index in [0.717, 1.165) is 109 Å². The van der Waals surface area contributed by atoms with Crippen LogP contribution in [0.1, 0.15) is 348 Å². The fourth-order valence-electron chi connectivity index (χ4n) is 9.97. The number of carbonyl (C=O) groups excluding carboxylic acids is 3. The molecule has 1 unspecified atom stereocenters. The van der Waals surface area contributed by atoms with Crippen molar-refractivity contribution in [2.45, 2.75) is 354 Å². The molecule has 0 saturated heterocycles. The van der Waals surface area contributed by atoms with Gasteiger partial charge in [-0.25, -0.2) is 0 Å². The summed E-state index contributed by atoms with van der Waals surface area (Å²) in [5.41, 5.74) is 0. The molecule has 0 aromatic heterocycles. The molecule has 6 nitrogen and oxygen atoms in total. The van der Waals surface area contributed by atoms with Crippen molar-refractivity contribution >= 4 is 17.9 Å². The first-order valence-electron chi connectivity index (χ1n) is 34.6. The van der Waals surface area contributed by atoms with E-state index in [2.05, 4.69) is 106 Å². The standard InChI is InChI=1S/C74H130O6/c1-4-7-10-13-16-19-22-25-28-31-33-35-36-37-38-39-41-43-46-49-52-55-58-61-64-67-73(76)79-70-71(69-78-72(75)66-63-60-57-54-51-48-45-42-30-27-24-21-18-15-12-9-6-3)80-74(77)68-65-62-59-56-53-50-47-44-40-34-32-29-26-23-20-17-14-11-8-5-2/h7,10,16,19,25,27-28,30,33,35,37-38,41,43,71H,4-6,8-9,11-15,17-18,20-24,26,29,31-32,34,36,39-40,42,44-70H2,1-3H3/b10-7-,19-16-,28-25-,30-27-,35-33-,38-37-,43-41-. The van der Waals surface area contributed by atoms with Crippen molar-refractivity contribution in [3.63, 3.8) is 0 Å². The molecule has 0 radical (unpaired) electrons. The number of ether oxygens (including phenoxy) is 3. The second-order valence-electron chi connectivity index (χ2n) is 23.1. The molecule has 0 aromatic carbocycles. The fraction of sp³-hybridized carbons (Fsp3) is 0.770. The fourth-order valence-corrected chi connectivity index (χ4v) is 9.97. The summed E-state index contributed by atoms with van der Waals surface area (Å²) >= 11 is 0. The first-order chi connectivity index (χ1) is 39.5. The van der Waals surface area contributed by atoms with Gasteiger partial charge in [-0.05, 0) is 96.3 Å². The van der Waals surface area contributed by atoms with Gasteiger partial charge < -0.3 is 14.2 Å². The van der Waals surface area contributed by atoms with Crippen molar-refractivity contribution in [1.82, 2.24) is 0 Å². The molecular formula is C74H130O6. The molecule has 0 N–H and O–H groups in total. The lowest BCUT2D eigenvalue weighted by molar-refractivity contribution is -0.167. The van der Waals surface area contributed by atoms with E-state index in [1.54, 1.807) is 0 Å². The predicted octanol–water partition coefficient (Wildman–Crippen LogP) is 23.8. The van der Waals surface area contributed by atoms with Crippen LogP contribution in [-0.2, 0) is 28.6 Å². The van der Waals surface area contributed by atoms with E-state index in [4.69, 9.17) is 14.2 Å². The molecule has 80 heavy (non-hydrogen) atoms. The van der Waals surface area contributed by atoms with Gasteiger partial charge in [-0.1, -0.05) is 318 Å². The van der Waals surface area contributed by atoms with Gasteiger partial charge in [-0.3, -0.25) is 14.4 Å². The second-order valence-corrected chi connectivity index (χ2v) is 23.1. The van der Waals surface area contributed by atoms with Crippen LogP contribution >= 0.6 is 0 Å². The largest absolute Gasteiger partial charge is 0.462 e. The van der Waals surface area contributed by atoms with Gasteiger partial charge in [0, 0.05) is 19.3 Å². The van der Waals surface area contributed by atoms with Gasteiger partial charge in [0.05, 0.1) is 0 Å². The molecule has 0 spiro atoms. The van der Waals surface area contributed by atoms with Crippen LogP contribution in [0, 0.1) is 0 Å². The minimum absolute atomic E-state index is 0.0803. The third-order valence-electron chi connectivity index (χ3n) is 15.1. The quantitative estimate of drug-likeness (QED) is 0.0261. The lowest BCUT2D eigenvalue weighted by Gasteiger charge is -2.18. The third-order valence-corrected chi connectivity index (χ3v) is 15.1. The second kappa shape index (κ2) is 68.1. The number of esters is 3. The average Bonchev–Trinajstić information content (AvgIpc) is 3.46. The Morgan fingerprint density at radius 1 is 0.263 bits per heavy atom. The van der Waals surface area contributed by atoms with E-state index in [0.29, 0.717) is 19.3 Å². The van der Waals surface area contributed by atoms with E-state index in [1.807, 2.05) is 0 Å². The van der Waals surface area contributed by atoms with Crippen LogP contribution in [0.3, 0.4) is 0 Å². The number of allylic oxidation sites excluding steroid dienone is 14. The van der Waals surface area contributed by atoms with Gasteiger partial charge >= 0.3 is 17.9 Å². The highest BCUT2D eigenvalue weighted by atomic mass is 16.6. The Labute approximate surface area is 496 Å². The van der Waals surface area contributed by atoms with Crippen molar-refractivity contribution in [2.75, 3.05) is 13.2 Å². The average molecular weight is 1120 g/mol. The first-order valence-corrected chi connectivity index (χ1v) is 34.6.